The fourth-order valence-electron chi connectivity index (χ4n) is 20.3. The smallest absolute Gasteiger partial charge is 0.338 e. The molecule has 4 saturated heterocycles. The van der Waals surface area contributed by atoms with E-state index in [1.165, 1.54) is 6.92 Å². The lowest BCUT2D eigenvalue weighted by Gasteiger charge is -2.69. The number of rotatable bonds is 18. The van der Waals surface area contributed by atoms with Gasteiger partial charge in [0.05, 0.1) is 60.6 Å². The van der Waals surface area contributed by atoms with Crippen molar-refractivity contribution in [2.45, 2.75) is 308 Å². The van der Waals surface area contributed by atoms with Gasteiger partial charge in [-0.15, -0.1) is 0 Å². The van der Waals surface area contributed by atoms with E-state index in [-0.39, 0.29) is 44.0 Å². The Morgan fingerprint density at radius 1 is 0.520 bits per heavy atom. The molecular weight excluding hydrogens is 1310 g/mol. The average molecular weight is 1430 g/mol. The molecule has 4 aliphatic heterocycles. The molecule has 6 aliphatic carbocycles. The fraction of sp³-hybridized carbons (Fsp3) is 0.718. The number of benzene rings is 2. The zero-order chi connectivity index (χ0) is 73.3. The van der Waals surface area contributed by atoms with Gasteiger partial charge in [-0.05, 0) is 131 Å². The van der Waals surface area contributed by atoms with E-state index in [0.29, 0.717) is 52.7 Å². The summed E-state index contributed by atoms with van der Waals surface area (Å²) in [6.07, 6.45) is -6.94. The number of carbonyl (C=O) groups is 6. The molecule has 0 amide bonds. The van der Waals surface area contributed by atoms with Crippen molar-refractivity contribution in [3.05, 3.63) is 94.1 Å². The first-order valence-corrected chi connectivity index (χ1v) is 42.0. The molecule has 12 rings (SSSR count). The van der Waals surface area contributed by atoms with Crippen LogP contribution in [0.15, 0.2) is 83.0 Å². The molecule has 18 atom stereocenters. The van der Waals surface area contributed by atoms with Gasteiger partial charge in [-0.2, -0.15) is 0 Å². The highest BCUT2D eigenvalue weighted by Gasteiger charge is 2.82. The van der Waals surface area contributed by atoms with Crippen molar-refractivity contribution in [3.8, 4) is 0 Å². The predicted octanol–water partition coefficient (Wildman–Crippen LogP) is 12.6. The molecule has 4 heterocycles. The summed E-state index contributed by atoms with van der Waals surface area (Å²) in [5.74, 6) is -6.76. The number of allylic oxidation sites excluding steroid dienone is 2. The zero-order valence-corrected chi connectivity index (χ0v) is 64.8. The average Bonchev–Trinajstić information content (AvgIpc) is 1.07. The SMILES string of the molecule is CCCC(=O)OC12COC1CC(O[Si](CC)(CC)CC)[C@@]1(C)C3OC(C)(C)OC3C3=C(C)C(=O)CC(O)(C(OC(=O)c4ccccc4)C21)C3(C)C.CC[Si](CC)(CC)OC1CC2OCC2(OC(C)=O)C2C(OC(=O)c3ccccc3)C3(O)CC(=O)C(C)=C(C4OC(C)(C)OC4[C@]12C)C3(C)C. The fourth-order valence-corrected chi connectivity index (χ4v) is 26.2. The van der Waals surface area contributed by atoms with Crippen molar-refractivity contribution in [1.82, 2.24) is 0 Å². The Bertz CT molecular complexity index is 3540. The number of fused-ring (bicyclic) bond motifs is 16. The minimum atomic E-state index is -2.34. The lowest BCUT2D eigenvalue weighted by molar-refractivity contribution is -0.360. The van der Waals surface area contributed by atoms with E-state index in [4.69, 9.17) is 56.2 Å². The van der Waals surface area contributed by atoms with Crippen molar-refractivity contribution in [1.29, 1.82) is 0 Å². The third kappa shape index (κ3) is 11.7. The highest BCUT2D eigenvalue weighted by Crippen LogP contribution is 2.70. The minimum absolute atomic E-state index is 0.0231. The van der Waals surface area contributed by atoms with Gasteiger partial charge >= 0.3 is 23.9 Å². The third-order valence-electron chi connectivity index (χ3n) is 26.5. The molecule has 0 spiro atoms. The molecule has 10 aliphatic rings. The molecule has 2 aromatic carbocycles. The summed E-state index contributed by atoms with van der Waals surface area (Å²) in [5.41, 5.74) is -8.13. The topological polar surface area (TPSA) is 254 Å². The van der Waals surface area contributed by atoms with Crippen molar-refractivity contribution < 1.29 is 95.2 Å². The van der Waals surface area contributed by atoms with Crippen molar-refractivity contribution in [2.75, 3.05) is 13.2 Å². The number of aliphatic hydroxyl groups is 2. The second-order valence-corrected chi connectivity index (χ2v) is 42.3. The standard InChI is InChI=1S/C40H58O10Si.C38H54O10Si/c1-11-18-29(42)47-39-23-45-28(39)21-27(50-51(12-2,13-3)14-4)38(10)32(39)34(46-35(43)25-19-16-15-17-20-25)40(44)22-26(41)24(5)30(36(40,6)7)31-33(38)49-37(8,9)48-31;1-11-49(12-2,13-3)48-26-19-27-37(21-43-27,45-23(5)39)30-32(44-33(41)24-17-15-14-16-18-24)38(42)20-25(40)22(4)28(34(38,6)7)29-31(36(26,30)10)47-35(8,9)46-29/h15-17,19-20,27-28,31-34,44H,11-14,18,21-23H2,1-10H3;14-18,26-27,29-32,42H,11-13,19-21H2,1-10H3/t27?,28?,31?,32?,33?,34?,38-,39?,40?;26?,27?,29?,30?,31?,32?,36-,37?,38?/m11/s1. The Morgan fingerprint density at radius 2 is 0.870 bits per heavy atom. The zero-order valence-electron chi connectivity index (χ0n) is 62.8. The van der Waals surface area contributed by atoms with E-state index in [1.54, 1.807) is 68.4 Å². The van der Waals surface area contributed by atoms with Gasteiger partial charge in [0.2, 0.25) is 0 Å². The van der Waals surface area contributed by atoms with Gasteiger partial charge in [0, 0.05) is 60.7 Å². The van der Waals surface area contributed by atoms with Gasteiger partial charge in [-0.3, -0.25) is 19.2 Å². The summed E-state index contributed by atoms with van der Waals surface area (Å²) in [7, 11) is -4.66. The summed E-state index contributed by atoms with van der Waals surface area (Å²) in [4.78, 5) is 83.5. The summed E-state index contributed by atoms with van der Waals surface area (Å²) < 4.78 is 81.4. The second kappa shape index (κ2) is 26.6. The number of carbonyl (C=O) groups excluding carboxylic acids is 6. The third-order valence-corrected chi connectivity index (χ3v) is 35.8. The van der Waals surface area contributed by atoms with Crippen LogP contribution in [0.3, 0.4) is 0 Å². The second-order valence-electron chi connectivity index (χ2n) is 32.9. The number of ether oxygens (including phenoxy) is 10. The highest BCUT2D eigenvalue weighted by molar-refractivity contribution is 6.74. The molecule has 100 heavy (non-hydrogen) atoms. The lowest BCUT2D eigenvalue weighted by Crippen LogP contribution is -2.82. The van der Waals surface area contributed by atoms with Gasteiger partial charge in [0.15, 0.2) is 51.0 Å². The first kappa shape index (κ1) is 76.3. The van der Waals surface area contributed by atoms with E-state index < -0.39 is 169 Å². The Labute approximate surface area is 593 Å². The lowest BCUT2D eigenvalue weighted by atomic mass is 9.44. The molecule has 552 valence electrons. The summed E-state index contributed by atoms with van der Waals surface area (Å²) in [5, 5.41) is 26.9. The minimum Gasteiger partial charge on any atom is -0.455 e. The molecule has 0 radical (unpaired) electrons. The van der Waals surface area contributed by atoms with Crippen LogP contribution in [-0.4, -0.2) is 171 Å². The van der Waals surface area contributed by atoms with E-state index in [2.05, 4.69) is 55.4 Å². The maximum Gasteiger partial charge on any atom is 0.338 e. The molecule has 22 heteroatoms. The van der Waals surface area contributed by atoms with Gasteiger partial charge in [-0.1, -0.05) is 126 Å². The molecule has 4 bridgehead atoms. The molecule has 20 nitrogen and oxygen atoms in total. The van der Waals surface area contributed by atoms with Gasteiger partial charge in [-0.25, -0.2) is 9.59 Å². The predicted molar refractivity (Wildman–Crippen MR) is 375 cm³/mol. The maximum atomic E-state index is 14.3. The van der Waals surface area contributed by atoms with Gasteiger partial charge in [0.1, 0.15) is 47.8 Å². The van der Waals surface area contributed by atoms with Crippen LogP contribution in [0.5, 0.6) is 0 Å². The van der Waals surface area contributed by atoms with E-state index in [1.807, 2.05) is 68.4 Å². The Hall–Kier alpha value is -4.83. The first-order valence-electron chi connectivity index (χ1n) is 36.9. The summed E-state index contributed by atoms with van der Waals surface area (Å²) in [6.45, 7) is 39.0. The molecule has 0 aromatic heterocycles. The van der Waals surface area contributed by atoms with Gasteiger partial charge < -0.3 is 66.4 Å². The number of hydrogen-bond acceptors (Lipinski definition) is 20. The van der Waals surface area contributed by atoms with Crippen LogP contribution < -0.4 is 0 Å². The highest BCUT2D eigenvalue weighted by atomic mass is 28.4. The Balaban J connectivity index is 0.000000202. The van der Waals surface area contributed by atoms with Crippen LogP contribution >= 0.6 is 0 Å². The molecular formula is C78H112O20Si2. The molecule has 2 aromatic rings. The molecule has 16 unspecified atom stereocenters. The van der Waals surface area contributed by atoms with Crippen molar-refractivity contribution in [3.63, 3.8) is 0 Å². The summed E-state index contributed by atoms with van der Waals surface area (Å²) in [6, 6.07) is 22.6. The van der Waals surface area contributed by atoms with Gasteiger partial charge in [0.25, 0.3) is 0 Å². The van der Waals surface area contributed by atoms with Crippen LogP contribution in [0.25, 0.3) is 0 Å². The van der Waals surface area contributed by atoms with Crippen LogP contribution in [0, 0.1) is 33.5 Å². The molecule has 2 N–H and O–H groups in total. The van der Waals surface area contributed by atoms with Crippen LogP contribution in [0.1, 0.15) is 198 Å². The monoisotopic (exact) mass is 1420 g/mol. The molecule has 8 fully saturated rings. The van der Waals surface area contributed by atoms with E-state index in [0.717, 1.165) is 36.3 Å². The normalized spacial score (nSPS) is 38.5. The summed E-state index contributed by atoms with van der Waals surface area (Å²) >= 11 is 0. The number of ketones is 2. The van der Waals surface area contributed by atoms with Crippen LogP contribution in [0.2, 0.25) is 36.3 Å². The van der Waals surface area contributed by atoms with Crippen molar-refractivity contribution >= 4 is 52.1 Å². The number of Topliss-reactive ketones (excluding diaryl/α,β-unsaturated/α-hetero) is 2. The largest absolute Gasteiger partial charge is 0.455 e. The Kier molecular flexibility index (Phi) is 20.3. The quantitative estimate of drug-likeness (QED) is 0.0799. The van der Waals surface area contributed by atoms with Crippen LogP contribution in [-0.2, 0) is 75.4 Å². The number of esters is 4. The van der Waals surface area contributed by atoms with E-state index >= 15 is 0 Å². The van der Waals surface area contributed by atoms with Crippen LogP contribution in [0.4, 0.5) is 0 Å². The number of hydrogen-bond donors (Lipinski definition) is 2. The molecule has 4 saturated carbocycles. The Morgan fingerprint density at radius 3 is 1.18 bits per heavy atom. The van der Waals surface area contributed by atoms with Crippen molar-refractivity contribution in [2.24, 2.45) is 33.5 Å². The first-order chi connectivity index (χ1) is 46.8. The maximum absolute atomic E-state index is 14.3. The van der Waals surface area contributed by atoms with E-state index in [9.17, 15) is 39.0 Å².